The molecule has 0 radical (unpaired) electrons. The van der Waals surface area contributed by atoms with Crippen LogP contribution in [0.1, 0.15) is 16.9 Å². The molecule has 0 aliphatic rings. The van der Waals surface area contributed by atoms with E-state index < -0.39 is 0 Å². The van der Waals surface area contributed by atoms with Gasteiger partial charge in [0.1, 0.15) is 11.4 Å². The van der Waals surface area contributed by atoms with Gasteiger partial charge < -0.3 is 9.30 Å². The molecule has 0 saturated carbocycles. The lowest BCUT2D eigenvalue weighted by atomic mass is 10.1. The topological polar surface area (TPSA) is 43.3 Å². The van der Waals surface area contributed by atoms with Gasteiger partial charge in [-0.3, -0.25) is 9.52 Å². The van der Waals surface area contributed by atoms with Crippen molar-refractivity contribution in [3.8, 4) is 5.75 Å². The van der Waals surface area contributed by atoms with Gasteiger partial charge in [-0.25, -0.2) is 0 Å². The minimum Gasteiger partial charge on any atom is -0.493 e. The van der Waals surface area contributed by atoms with Crippen molar-refractivity contribution in [3.05, 3.63) is 78.5 Å². The standard InChI is InChI=1S/C23H22N2O2S/c1-28-24-23(26)21-16-18-9-3-5-12-20(18)25(21)14-7-15-27-22-13-6-10-17-8-2-4-11-19(17)22/h2-6,8-13,16H,7,14-15H2,1H3,(H,24,26). The molecule has 4 aromatic rings. The monoisotopic (exact) mass is 390 g/mol. The zero-order chi connectivity index (χ0) is 19.3. The van der Waals surface area contributed by atoms with Gasteiger partial charge in [0.2, 0.25) is 0 Å². The van der Waals surface area contributed by atoms with E-state index in [4.69, 9.17) is 4.74 Å². The fourth-order valence-electron chi connectivity index (χ4n) is 3.51. The molecule has 0 aliphatic heterocycles. The smallest absolute Gasteiger partial charge is 0.277 e. The highest BCUT2D eigenvalue weighted by Crippen LogP contribution is 2.25. The molecule has 5 heteroatoms. The number of benzene rings is 3. The Hall–Kier alpha value is -2.92. The van der Waals surface area contributed by atoms with Crippen LogP contribution in [-0.2, 0) is 6.54 Å². The van der Waals surface area contributed by atoms with E-state index in [0.29, 0.717) is 12.3 Å². The van der Waals surface area contributed by atoms with Gasteiger partial charge in [0.25, 0.3) is 5.91 Å². The number of fused-ring (bicyclic) bond motifs is 2. The third-order valence-corrected chi connectivity index (χ3v) is 5.16. The summed E-state index contributed by atoms with van der Waals surface area (Å²) in [5, 5.41) is 3.37. The summed E-state index contributed by atoms with van der Waals surface area (Å²) in [6.07, 6.45) is 2.66. The van der Waals surface area contributed by atoms with Crippen LogP contribution >= 0.6 is 11.9 Å². The van der Waals surface area contributed by atoms with Gasteiger partial charge in [-0.1, -0.05) is 66.5 Å². The van der Waals surface area contributed by atoms with Crippen LogP contribution in [0.5, 0.6) is 5.75 Å². The first kappa shape index (κ1) is 18.4. The average molecular weight is 391 g/mol. The number of aryl methyl sites for hydroxylation is 1. The fraction of sp³-hybridized carbons (Fsp3) is 0.174. The molecule has 0 spiro atoms. The third kappa shape index (κ3) is 3.71. The van der Waals surface area contributed by atoms with E-state index in [-0.39, 0.29) is 5.91 Å². The Bertz CT molecular complexity index is 1110. The molecular weight excluding hydrogens is 368 g/mol. The minimum absolute atomic E-state index is 0.0707. The molecule has 28 heavy (non-hydrogen) atoms. The molecule has 142 valence electrons. The first-order valence-corrected chi connectivity index (χ1v) is 10.5. The molecular formula is C23H22N2O2S. The quantitative estimate of drug-likeness (QED) is 0.345. The van der Waals surface area contributed by atoms with Crippen LogP contribution in [0.3, 0.4) is 0 Å². The SMILES string of the molecule is CSNC(=O)c1cc2ccccc2n1CCCOc1cccc2ccccc12. The Balaban J connectivity index is 1.49. The Labute approximate surface area is 168 Å². The molecule has 0 bridgehead atoms. The number of amides is 1. The van der Waals surface area contributed by atoms with Crippen molar-refractivity contribution in [3.63, 3.8) is 0 Å². The number of ether oxygens (including phenoxy) is 1. The van der Waals surface area contributed by atoms with Gasteiger partial charge >= 0.3 is 0 Å². The van der Waals surface area contributed by atoms with E-state index in [2.05, 4.69) is 33.6 Å². The first-order chi connectivity index (χ1) is 13.8. The largest absolute Gasteiger partial charge is 0.493 e. The third-order valence-electron chi connectivity index (χ3n) is 4.77. The second-order valence-electron chi connectivity index (χ2n) is 6.55. The van der Waals surface area contributed by atoms with Crippen molar-refractivity contribution in [2.75, 3.05) is 12.9 Å². The van der Waals surface area contributed by atoms with Crippen molar-refractivity contribution in [2.24, 2.45) is 0 Å². The zero-order valence-corrected chi connectivity index (χ0v) is 16.5. The van der Waals surface area contributed by atoms with Gasteiger partial charge in [-0.15, -0.1) is 0 Å². The number of rotatable bonds is 7. The summed E-state index contributed by atoms with van der Waals surface area (Å²) in [6, 6.07) is 24.4. The van der Waals surface area contributed by atoms with Crippen molar-refractivity contribution in [2.45, 2.75) is 13.0 Å². The zero-order valence-electron chi connectivity index (χ0n) is 15.7. The molecule has 0 aliphatic carbocycles. The molecule has 1 amide bonds. The predicted octanol–water partition coefficient (Wildman–Crippen LogP) is 5.27. The van der Waals surface area contributed by atoms with Crippen molar-refractivity contribution in [1.82, 2.24) is 9.29 Å². The van der Waals surface area contributed by atoms with E-state index in [1.807, 2.05) is 54.8 Å². The number of aromatic nitrogens is 1. The molecule has 0 fully saturated rings. The molecule has 1 aromatic heterocycles. The lowest BCUT2D eigenvalue weighted by molar-refractivity contribution is 0.0975. The van der Waals surface area contributed by atoms with Crippen LogP contribution in [0.2, 0.25) is 0 Å². The van der Waals surface area contributed by atoms with E-state index >= 15 is 0 Å². The number of carbonyl (C=O) groups excluding carboxylic acids is 1. The number of nitrogens with zero attached hydrogens (tertiary/aromatic N) is 1. The van der Waals surface area contributed by atoms with Crippen LogP contribution in [0.25, 0.3) is 21.7 Å². The molecule has 0 unspecified atom stereocenters. The van der Waals surface area contributed by atoms with Gasteiger partial charge in [0.05, 0.1) is 6.61 Å². The summed E-state index contributed by atoms with van der Waals surface area (Å²) in [7, 11) is 0. The molecule has 1 N–H and O–H groups in total. The van der Waals surface area contributed by atoms with Crippen LogP contribution < -0.4 is 9.46 Å². The van der Waals surface area contributed by atoms with Crippen molar-refractivity contribution < 1.29 is 9.53 Å². The molecule has 0 atom stereocenters. The Morgan fingerprint density at radius 2 is 1.75 bits per heavy atom. The first-order valence-electron chi connectivity index (χ1n) is 9.30. The fourth-order valence-corrected chi connectivity index (χ4v) is 3.80. The van der Waals surface area contributed by atoms with Crippen molar-refractivity contribution >= 4 is 39.5 Å². The summed E-state index contributed by atoms with van der Waals surface area (Å²) >= 11 is 1.31. The summed E-state index contributed by atoms with van der Waals surface area (Å²) < 4.78 is 11.0. The molecule has 3 aromatic carbocycles. The molecule has 4 rings (SSSR count). The number of para-hydroxylation sites is 1. The van der Waals surface area contributed by atoms with E-state index in [1.165, 1.54) is 17.3 Å². The maximum atomic E-state index is 12.5. The number of hydrogen-bond acceptors (Lipinski definition) is 3. The molecule has 0 saturated heterocycles. The van der Waals surface area contributed by atoms with Gasteiger partial charge in [0.15, 0.2) is 0 Å². The predicted molar refractivity (Wildman–Crippen MR) is 117 cm³/mol. The Morgan fingerprint density at radius 1 is 1.00 bits per heavy atom. The minimum atomic E-state index is -0.0707. The number of hydrogen-bond donors (Lipinski definition) is 1. The van der Waals surface area contributed by atoms with E-state index in [1.54, 1.807) is 0 Å². The highest BCUT2D eigenvalue weighted by molar-refractivity contribution is 7.97. The summed E-state index contributed by atoms with van der Waals surface area (Å²) in [6.45, 7) is 1.31. The number of nitrogens with one attached hydrogen (secondary N) is 1. The van der Waals surface area contributed by atoms with E-state index in [0.717, 1.165) is 35.0 Å². The summed E-state index contributed by atoms with van der Waals surface area (Å²) in [5.74, 6) is 0.828. The maximum absolute atomic E-state index is 12.5. The van der Waals surface area contributed by atoms with Gasteiger partial charge in [-0.2, -0.15) is 0 Å². The van der Waals surface area contributed by atoms with Crippen LogP contribution in [0, 0.1) is 0 Å². The lowest BCUT2D eigenvalue weighted by Gasteiger charge is -2.12. The number of carbonyl (C=O) groups is 1. The van der Waals surface area contributed by atoms with Crippen LogP contribution in [-0.4, -0.2) is 23.3 Å². The Kier molecular flexibility index (Phi) is 5.53. The van der Waals surface area contributed by atoms with Gasteiger partial charge in [0, 0.05) is 29.1 Å². The van der Waals surface area contributed by atoms with Crippen molar-refractivity contribution in [1.29, 1.82) is 0 Å². The average Bonchev–Trinajstić information content (AvgIpc) is 3.10. The van der Waals surface area contributed by atoms with Gasteiger partial charge in [-0.05, 0) is 30.0 Å². The second kappa shape index (κ2) is 8.40. The Morgan fingerprint density at radius 3 is 2.61 bits per heavy atom. The highest BCUT2D eigenvalue weighted by atomic mass is 32.2. The summed E-state index contributed by atoms with van der Waals surface area (Å²) in [5.41, 5.74) is 1.75. The van der Waals surface area contributed by atoms with Crippen LogP contribution in [0.15, 0.2) is 72.8 Å². The highest BCUT2D eigenvalue weighted by Gasteiger charge is 2.15. The second-order valence-corrected chi connectivity index (χ2v) is 7.17. The van der Waals surface area contributed by atoms with E-state index in [9.17, 15) is 4.79 Å². The maximum Gasteiger partial charge on any atom is 0.277 e. The molecule has 1 heterocycles. The normalized spacial score (nSPS) is 11.0. The lowest BCUT2D eigenvalue weighted by Crippen LogP contribution is -2.20. The van der Waals surface area contributed by atoms with Crippen LogP contribution in [0.4, 0.5) is 0 Å². The summed E-state index contributed by atoms with van der Waals surface area (Å²) in [4.78, 5) is 12.5. The molecule has 4 nitrogen and oxygen atoms in total.